The maximum absolute atomic E-state index is 2.81. The molecule has 0 N–H and O–H groups in total. The van der Waals surface area contributed by atoms with Gasteiger partial charge in [0.1, 0.15) is 0 Å². The maximum atomic E-state index is 2.81. The number of hydrogen-bond donors (Lipinski definition) is 0. The van der Waals surface area contributed by atoms with Crippen LogP contribution in [0, 0.1) is 53.3 Å². The van der Waals surface area contributed by atoms with Crippen molar-refractivity contribution in [3.05, 3.63) is 0 Å². The summed E-state index contributed by atoms with van der Waals surface area (Å²) in [5, 5.41) is 0. The second-order valence-corrected chi connectivity index (χ2v) is 18.8. The molecular weight excluding hydrogens is 643 g/mol. The summed E-state index contributed by atoms with van der Waals surface area (Å²) in [4.78, 5) is 0. The lowest BCUT2D eigenvalue weighted by Crippen LogP contribution is -2.27. The molecule has 1 heteroatoms. The Morgan fingerprint density at radius 1 is 0.545 bits per heavy atom. The zero-order chi connectivity index (χ0) is 31.6. The summed E-state index contributed by atoms with van der Waals surface area (Å²) in [7, 11) is 0. The first-order valence-electron chi connectivity index (χ1n) is 21.1. The third-order valence-corrected chi connectivity index (χ3v) is 15.4. The number of rotatable bonds is 14. The fourth-order valence-corrected chi connectivity index (χ4v) is 11.8. The topological polar surface area (TPSA) is 0 Å². The molecule has 0 bridgehead atoms. The van der Waals surface area contributed by atoms with Crippen LogP contribution in [0.2, 0.25) is 0 Å². The third kappa shape index (κ3) is 14.5. The largest absolute Gasteiger partial charge is 0.0823 e. The van der Waals surface area contributed by atoms with Gasteiger partial charge in [0.15, 0.2) is 0 Å². The van der Waals surface area contributed by atoms with Crippen molar-refractivity contribution in [2.24, 2.45) is 53.3 Å². The summed E-state index contributed by atoms with van der Waals surface area (Å²) in [6.45, 7) is 12.8. The highest BCUT2D eigenvalue weighted by Gasteiger charge is 2.32. The Morgan fingerprint density at radius 3 is 1.89 bits per heavy atom. The Bertz CT molecular complexity index is 678. The van der Waals surface area contributed by atoms with Gasteiger partial charge in [-0.2, -0.15) is 0 Å². The summed E-state index contributed by atoms with van der Waals surface area (Å²) >= 11 is 2.81. The Kier molecular flexibility index (Phi) is 20.6. The molecule has 0 amide bonds. The minimum atomic E-state index is 0.924. The lowest BCUT2D eigenvalue weighted by atomic mass is 9.68. The summed E-state index contributed by atoms with van der Waals surface area (Å²) in [5.41, 5.74) is 0. The molecule has 0 aromatic carbocycles. The van der Waals surface area contributed by atoms with Crippen LogP contribution in [0.1, 0.15) is 214 Å². The van der Waals surface area contributed by atoms with E-state index < -0.39 is 0 Å². The van der Waals surface area contributed by atoms with Crippen LogP contribution in [-0.4, -0.2) is 3.92 Å². The van der Waals surface area contributed by atoms with Gasteiger partial charge >= 0.3 is 0 Å². The summed E-state index contributed by atoms with van der Waals surface area (Å²) in [6.07, 6.45) is 42.0. The summed E-state index contributed by atoms with van der Waals surface area (Å²) in [5.74, 6) is 8.88. The van der Waals surface area contributed by atoms with Crippen LogP contribution in [-0.2, 0) is 0 Å². The number of hydrogen-bond acceptors (Lipinski definition) is 0. The molecule has 3 aliphatic carbocycles. The Labute approximate surface area is 292 Å². The Balaban J connectivity index is 1.63. The second kappa shape index (κ2) is 23.1. The quantitative estimate of drug-likeness (QED) is 0.0951. The van der Waals surface area contributed by atoms with Crippen molar-refractivity contribution in [2.75, 3.05) is 0 Å². The van der Waals surface area contributed by atoms with E-state index in [1.807, 2.05) is 0 Å². The molecule has 0 spiro atoms. The minimum absolute atomic E-state index is 0.924. The van der Waals surface area contributed by atoms with Crippen molar-refractivity contribution in [2.45, 2.75) is 218 Å². The van der Waals surface area contributed by atoms with Gasteiger partial charge in [0.2, 0.25) is 0 Å². The van der Waals surface area contributed by atoms with E-state index in [2.05, 4.69) is 57.2 Å². The SMILES string of the molecule is CCCCCC1CCC(C2CCCCCC(C)C(C(C)CCCCC)CCC(CCCC3CCCCC3I)CCC2C)CC1. The predicted molar refractivity (Wildman–Crippen MR) is 207 cm³/mol. The molecule has 0 saturated heterocycles. The monoisotopic (exact) mass is 725 g/mol. The first kappa shape index (κ1) is 39.2. The van der Waals surface area contributed by atoms with E-state index in [9.17, 15) is 0 Å². The second-order valence-electron chi connectivity index (χ2n) is 17.2. The van der Waals surface area contributed by atoms with E-state index in [1.165, 1.54) is 148 Å². The van der Waals surface area contributed by atoms with Gasteiger partial charge in [-0.1, -0.05) is 192 Å². The van der Waals surface area contributed by atoms with E-state index >= 15 is 0 Å². The van der Waals surface area contributed by atoms with Crippen molar-refractivity contribution in [3.63, 3.8) is 0 Å². The normalized spacial score (nSPS) is 36.0. The number of halogens is 1. The minimum Gasteiger partial charge on any atom is -0.0823 e. The average Bonchev–Trinajstić information content (AvgIpc) is 3.02. The molecule has 0 heterocycles. The molecule has 0 aromatic rings. The van der Waals surface area contributed by atoms with E-state index in [4.69, 9.17) is 0 Å². The standard InChI is InChI=1S/C43H81I/c1-6-8-11-18-34(3)41-33-30-38(21-17-23-40-22-15-16-25-43(40)44)27-26-36(5)42(24-14-10-13-19-35(41)4)39-31-28-37(29-32-39)20-12-9-7-2/h34-43H,6-33H2,1-5H3. The van der Waals surface area contributed by atoms with Crippen LogP contribution in [0.15, 0.2) is 0 Å². The van der Waals surface area contributed by atoms with Crippen molar-refractivity contribution in [3.8, 4) is 0 Å². The van der Waals surface area contributed by atoms with Gasteiger partial charge in [0, 0.05) is 3.92 Å². The molecule has 0 aliphatic heterocycles. The smallest absolute Gasteiger partial charge is 0.0138 e. The molecule has 260 valence electrons. The molecule has 3 aliphatic rings. The highest BCUT2D eigenvalue weighted by molar-refractivity contribution is 14.1. The number of unbranched alkanes of at least 4 members (excludes halogenated alkanes) is 4. The van der Waals surface area contributed by atoms with Crippen LogP contribution in [0.25, 0.3) is 0 Å². The molecular formula is C43H81I. The van der Waals surface area contributed by atoms with Crippen molar-refractivity contribution < 1.29 is 0 Å². The van der Waals surface area contributed by atoms with Gasteiger partial charge in [-0.05, 0) is 98.2 Å². The van der Waals surface area contributed by atoms with Crippen LogP contribution in [0.5, 0.6) is 0 Å². The first-order valence-corrected chi connectivity index (χ1v) is 22.3. The highest BCUT2D eigenvalue weighted by atomic mass is 127. The van der Waals surface area contributed by atoms with Gasteiger partial charge in [-0.3, -0.25) is 0 Å². The molecule has 3 rings (SSSR count). The van der Waals surface area contributed by atoms with Crippen LogP contribution in [0.4, 0.5) is 0 Å². The van der Waals surface area contributed by atoms with E-state index in [-0.39, 0.29) is 0 Å². The van der Waals surface area contributed by atoms with Gasteiger partial charge in [0.05, 0.1) is 0 Å². The third-order valence-electron chi connectivity index (χ3n) is 13.8. The van der Waals surface area contributed by atoms with E-state index in [0.29, 0.717) is 0 Å². The lowest BCUT2D eigenvalue weighted by Gasteiger charge is -2.38. The van der Waals surface area contributed by atoms with Crippen LogP contribution < -0.4 is 0 Å². The zero-order valence-corrected chi connectivity index (χ0v) is 33.1. The van der Waals surface area contributed by atoms with Crippen molar-refractivity contribution in [1.29, 1.82) is 0 Å². The fraction of sp³-hybridized carbons (Fsp3) is 1.00. The summed E-state index contributed by atoms with van der Waals surface area (Å²) < 4.78 is 0.960. The molecule has 0 radical (unpaired) electrons. The Morgan fingerprint density at radius 2 is 1.16 bits per heavy atom. The molecule has 0 aromatic heterocycles. The van der Waals surface area contributed by atoms with Crippen LogP contribution >= 0.6 is 22.6 Å². The van der Waals surface area contributed by atoms with Crippen molar-refractivity contribution in [1.82, 2.24) is 0 Å². The Hall–Kier alpha value is 0.730. The maximum Gasteiger partial charge on any atom is 0.0138 e. The first-order chi connectivity index (χ1) is 21.4. The zero-order valence-electron chi connectivity index (χ0n) is 31.0. The average molecular weight is 725 g/mol. The fourth-order valence-electron chi connectivity index (χ4n) is 10.6. The number of alkyl halides is 1. The molecule has 44 heavy (non-hydrogen) atoms. The predicted octanol–water partition coefficient (Wildman–Crippen LogP) is 15.4. The van der Waals surface area contributed by atoms with Gasteiger partial charge in [-0.15, -0.1) is 0 Å². The lowest BCUT2D eigenvalue weighted by molar-refractivity contribution is 0.129. The van der Waals surface area contributed by atoms with E-state index in [1.54, 1.807) is 32.1 Å². The van der Waals surface area contributed by atoms with Gasteiger partial charge < -0.3 is 0 Å². The van der Waals surface area contributed by atoms with E-state index in [0.717, 1.165) is 57.2 Å². The molecule has 8 unspecified atom stereocenters. The van der Waals surface area contributed by atoms with Crippen molar-refractivity contribution >= 4 is 22.6 Å². The highest BCUT2D eigenvalue weighted by Crippen LogP contribution is 2.43. The summed E-state index contributed by atoms with van der Waals surface area (Å²) in [6, 6.07) is 0. The molecule has 8 atom stereocenters. The van der Waals surface area contributed by atoms with Gasteiger partial charge in [0.25, 0.3) is 0 Å². The molecule has 3 fully saturated rings. The molecule has 0 nitrogen and oxygen atoms in total. The molecule has 3 saturated carbocycles. The van der Waals surface area contributed by atoms with Crippen LogP contribution in [0.3, 0.4) is 0 Å². The van der Waals surface area contributed by atoms with Gasteiger partial charge in [-0.25, -0.2) is 0 Å².